The van der Waals surface area contributed by atoms with Gasteiger partial charge in [0.15, 0.2) is 5.84 Å². The molecule has 0 fully saturated rings. The number of benzene rings is 1. The average Bonchev–Trinajstić information content (AvgIpc) is 2.42. The summed E-state index contributed by atoms with van der Waals surface area (Å²) in [6.45, 7) is 0. The topological polar surface area (TPSA) is 71.5 Å². The predicted molar refractivity (Wildman–Crippen MR) is 82.7 cm³/mol. The van der Waals surface area contributed by atoms with Gasteiger partial charge in [-0.15, -0.1) is 0 Å². The molecule has 0 unspecified atom stereocenters. The highest BCUT2D eigenvalue weighted by Crippen LogP contribution is 2.34. The number of nitrogens with zero attached hydrogens (tertiary/aromatic N) is 2. The van der Waals surface area contributed by atoms with E-state index in [0.717, 1.165) is 18.9 Å². The van der Waals surface area contributed by atoms with E-state index in [2.05, 4.69) is 42.0 Å². The van der Waals surface area contributed by atoms with Gasteiger partial charge in [-0.2, -0.15) is 0 Å². The van der Waals surface area contributed by atoms with Crippen molar-refractivity contribution in [2.75, 3.05) is 0 Å². The van der Waals surface area contributed by atoms with E-state index in [1.807, 2.05) is 24.3 Å². The molecular weight excluding hydrogens is 394 g/mol. The number of aromatic nitrogens is 1. The fraction of sp³-hybridized carbons (Fsp3) is 0. The molecule has 1 aromatic carbocycles. The summed E-state index contributed by atoms with van der Waals surface area (Å²) in [5.74, 6) is 0.0656. The van der Waals surface area contributed by atoms with Gasteiger partial charge in [0.1, 0.15) is 5.03 Å². The van der Waals surface area contributed by atoms with E-state index in [0.29, 0.717) is 5.56 Å². The Morgan fingerprint density at radius 1 is 1.32 bits per heavy atom. The second-order valence-electron chi connectivity index (χ2n) is 3.52. The van der Waals surface area contributed by atoms with Crippen molar-refractivity contribution in [3.8, 4) is 0 Å². The molecule has 19 heavy (non-hydrogen) atoms. The van der Waals surface area contributed by atoms with Crippen LogP contribution in [0.1, 0.15) is 5.56 Å². The van der Waals surface area contributed by atoms with Crippen molar-refractivity contribution in [3.63, 3.8) is 0 Å². The number of halogens is 2. The number of rotatable bonds is 3. The van der Waals surface area contributed by atoms with Gasteiger partial charge in [0.25, 0.3) is 0 Å². The van der Waals surface area contributed by atoms with E-state index in [-0.39, 0.29) is 5.84 Å². The van der Waals surface area contributed by atoms with E-state index < -0.39 is 0 Å². The van der Waals surface area contributed by atoms with Crippen molar-refractivity contribution >= 4 is 49.5 Å². The third kappa shape index (κ3) is 3.49. The number of hydrogen-bond acceptors (Lipinski definition) is 4. The highest BCUT2D eigenvalue weighted by molar-refractivity contribution is 9.10. The molecule has 0 radical (unpaired) electrons. The van der Waals surface area contributed by atoms with Gasteiger partial charge in [-0.25, -0.2) is 4.98 Å². The molecule has 2 rings (SSSR count). The largest absolute Gasteiger partial charge is 0.409 e. The van der Waals surface area contributed by atoms with Crippen LogP contribution >= 0.6 is 43.6 Å². The molecule has 0 aliphatic carbocycles. The van der Waals surface area contributed by atoms with Crippen molar-refractivity contribution < 1.29 is 5.21 Å². The molecule has 0 saturated carbocycles. The van der Waals surface area contributed by atoms with Crippen LogP contribution < -0.4 is 5.73 Å². The first-order chi connectivity index (χ1) is 9.11. The third-order valence-corrected chi connectivity index (χ3v) is 4.75. The van der Waals surface area contributed by atoms with Gasteiger partial charge in [0.05, 0.1) is 4.47 Å². The molecule has 1 aromatic heterocycles. The molecule has 7 heteroatoms. The summed E-state index contributed by atoms with van der Waals surface area (Å²) in [4.78, 5) is 5.14. The van der Waals surface area contributed by atoms with E-state index in [4.69, 9.17) is 10.9 Å². The average molecular weight is 403 g/mol. The molecule has 0 bridgehead atoms. The van der Waals surface area contributed by atoms with Crippen molar-refractivity contribution in [2.24, 2.45) is 10.9 Å². The van der Waals surface area contributed by atoms with Crippen molar-refractivity contribution in [1.29, 1.82) is 0 Å². The summed E-state index contributed by atoms with van der Waals surface area (Å²) in [5.41, 5.74) is 6.34. The SMILES string of the molecule is N/C(=N/O)c1cc(Br)ccc1Sc1ncccc1Br. The van der Waals surface area contributed by atoms with E-state index >= 15 is 0 Å². The van der Waals surface area contributed by atoms with Crippen LogP contribution in [-0.2, 0) is 0 Å². The number of amidine groups is 1. The summed E-state index contributed by atoms with van der Waals surface area (Å²) < 4.78 is 1.76. The lowest BCUT2D eigenvalue weighted by Crippen LogP contribution is -2.14. The highest BCUT2D eigenvalue weighted by Gasteiger charge is 2.11. The minimum absolute atomic E-state index is 0.0656. The lowest BCUT2D eigenvalue weighted by Gasteiger charge is -2.09. The Labute approximate surface area is 131 Å². The van der Waals surface area contributed by atoms with Crippen LogP contribution in [0, 0.1) is 0 Å². The van der Waals surface area contributed by atoms with E-state index in [1.165, 1.54) is 11.8 Å². The predicted octanol–water partition coefficient (Wildman–Crippen LogP) is 3.85. The Morgan fingerprint density at radius 2 is 2.11 bits per heavy atom. The number of hydrogen-bond donors (Lipinski definition) is 2. The Morgan fingerprint density at radius 3 is 2.79 bits per heavy atom. The molecule has 0 spiro atoms. The third-order valence-electron chi connectivity index (χ3n) is 2.26. The second kappa shape index (κ2) is 6.40. The summed E-state index contributed by atoms with van der Waals surface area (Å²) in [6, 6.07) is 9.35. The van der Waals surface area contributed by atoms with Crippen molar-refractivity contribution in [3.05, 3.63) is 51.0 Å². The van der Waals surface area contributed by atoms with Gasteiger partial charge in [-0.1, -0.05) is 32.8 Å². The Bertz CT molecular complexity index is 634. The maximum Gasteiger partial charge on any atom is 0.171 e. The number of pyridine rings is 1. The molecule has 2 aromatic rings. The van der Waals surface area contributed by atoms with Gasteiger partial charge in [-0.3, -0.25) is 0 Å². The first kappa shape index (κ1) is 14.4. The van der Waals surface area contributed by atoms with Crippen LogP contribution in [0.4, 0.5) is 0 Å². The van der Waals surface area contributed by atoms with E-state index in [9.17, 15) is 0 Å². The Kier molecular flexibility index (Phi) is 4.84. The van der Waals surface area contributed by atoms with E-state index in [1.54, 1.807) is 12.3 Å². The van der Waals surface area contributed by atoms with Crippen LogP contribution in [-0.4, -0.2) is 16.0 Å². The molecule has 0 atom stereocenters. The van der Waals surface area contributed by atoms with Gasteiger partial charge in [0, 0.05) is 21.1 Å². The monoisotopic (exact) mass is 401 g/mol. The lowest BCUT2D eigenvalue weighted by molar-refractivity contribution is 0.318. The number of nitrogens with two attached hydrogens (primary N) is 1. The van der Waals surface area contributed by atoms with Gasteiger partial charge >= 0.3 is 0 Å². The van der Waals surface area contributed by atoms with Crippen LogP contribution in [0.25, 0.3) is 0 Å². The van der Waals surface area contributed by atoms with Gasteiger partial charge in [-0.05, 0) is 46.3 Å². The molecule has 4 nitrogen and oxygen atoms in total. The molecule has 0 aliphatic rings. The smallest absolute Gasteiger partial charge is 0.171 e. The summed E-state index contributed by atoms with van der Waals surface area (Å²) in [5, 5.41) is 12.7. The van der Waals surface area contributed by atoms with Crippen LogP contribution in [0.2, 0.25) is 0 Å². The summed E-state index contributed by atoms with van der Waals surface area (Å²) >= 11 is 8.25. The van der Waals surface area contributed by atoms with Crippen molar-refractivity contribution in [2.45, 2.75) is 9.92 Å². The first-order valence-electron chi connectivity index (χ1n) is 5.17. The van der Waals surface area contributed by atoms with Gasteiger partial charge < -0.3 is 10.9 Å². The van der Waals surface area contributed by atoms with Crippen LogP contribution in [0.15, 0.2) is 60.6 Å². The fourth-order valence-electron chi connectivity index (χ4n) is 1.40. The molecular formula is C12H9Br2N3OS. The van der Waals surface area contributed by atoms with Crippen molar-refractivity contribution in [1.82, 2.24) is 4.98 Å². The first-order valence-corrected chi connectivity index (χ1v) is 7.58. The highest BCUT2D eigenvalue weighted by atomic mass is 79.9. The van der Waals surface area contributed by atoms with Crippen LogP contribution in [0.3, 0.4) is 0 Å². The summed E-state index contributed by atoms with van der Waals surface area (Å²) in [7, 11) is 0. The fourth-order valence-corrected chi connectivity index (χ4v) is 3.15. The lowest BCUT2D eigenvalue weighted by atomic mass is 10.2. The quantitative estimate of drug-likeness (QED) is 0.354. The Hall–Kier alpha value is -1.05. The molecule has 0 amide bonds. The standard InChI is InChI=1S/C12H9Br2N3OS/c13-7-3-4-10(8(6-7)11(15)17-18)19-12-9(14)2-1-5-16-12/h1-6,18H,(H2,15,17). The zero-order valence-electron chi connectivity index (χ0n) is 9.55. The zero-order valence-corrected chi connectivity index (χ0v) is 13.5. The number of oxime groups is 1. The minimum atomic E-state index is 0.0656. The molecule has 98 valence electrons. The molecule has 3 N–H and O–H groups in total. The molecule has 1 heterocycles. The second-order valence-corrected chi connectivity index (χ2v) is 6.32. The van der Waals surface area contributed by atoms with Crippen LogP contribution in [0.5, 0.6) is 0 Å². The zero-order chi connectivity index (χ0) is 13.8. The maximum absolute atomic E-state index is 8.84. The minimum Gasteiger partial charge on any atom is -0.409 e. The van der Waals surface area contributed by atoms with Gasteiger partial charge in [0.2, 0.25) is 0 Å². The normalized spacial score (nSPS) is 11.6. The summed E-state index contributed by atoms with van der Waals surface area (Å²) in [6.07, 6.45) is 1.72. The Balaban J connectivity index is 2.43. The molecule has 0 saturated heterocycles. The molecule has 0 aliphatic heterocycles. The maximum atomic E-state index is 8.84.